The van der Waals surface area contributed by atoms with Crippen LogP contribution in [-0.4, -0.2) is 49.8 Å². The molecule has 2 aromatic carbocycles. The number of esters is 1. The molecule has 0 saturated carbocycles. The van der Waals surface area contributed by atoms with Gasteiger partial charge in [0.25, 0.3) is 0 Å². The summed E-state index contributed by atoms with van der Waals surface area (Å²) in [5, 5.41) is 0. The Kier molecular flexibility index (Phi) is 6.34. The molecule has 176 valence electrons. The van der Waals surface area contributed by atoms with E-state index in [0.717, 1.165) is 37.3 Å². The van der Waals surface area contributed by atoms with Crippen molar-refractivity contribution in [2.24, 2.45) is 0 Å². The zero-order valence-corrected chi connectivity index (χ0v) is 19.6. The molecule has 0 aliphatic carbocycles. The maximum absolute atomic E-state index is 13.2. The summed E-state index contributed by atoms with van der Waals surface area (Å²) < 4.78 is 24.1. The highest BCUT2D eigenvalue weighted by Crippen LogP contribution is 2.45. The number of ether oxygens (including phenoxy) is 2. The third kappa shape index (κ3) is 4.69. The number of rotatable bonds is 5. The van der Waals surface area contributed by atoms with E-state index in [-0.39, 0.29) is 11.4 Å². The van der Waals surface area contributed by atoms with Crippen LogP contribution in [-0.2, 0) is 4.74 Å². The van der Waals surface area contributed by atoms with Crippen LogP contribution in [0.3, 0.4) is 0 Å². The van der Waals surface area contributed by atoms with Crippen molar-refractivity contribution < 1.29 is 18.7 Å². The monoisotopic (exact) mass is 453 g/mol. The Balaban J connectivity index is 1.49. The molecule has 0 radical (unpaired) electrons. The Morgan fingerprint density at radius 3 is 2.55 bits per heavy atom. The summed E-state index contributed by atoms with van der Waals surface area (Å²) in [6, 6.07) is 10.2. The van der Waals surface area contributed by atoms with Crippen molar-refractivity contribution in [1.29, 1.82) is 0 Å². The van der Waals surface area contributed by atoms with Crippen LogP contribution in [0.4, 0.5) is 15.8 Å². The van der Waals surface area contributed by atoms with Crippen LogP contribution >= 0.6 is 0 Å². The van der Waals surface area contributed by atoms with E-state index in [2.05, 4.69) is 30.2 Å². The number of piperidine rings is 1. The quantitative estimate of drug-likeness (QED) is 0.529. The van der Waals surface area contributed by atoms with Crippen LogP contribution in [0, 0.1) is 5.82 Å². The standard InChI is InChI=1S/C26H32FN3O3/c1-17(15-29-11-9-19(10-12-29)18-5-7-21(27)8-6-18)30-24-22(28)13-20(25(31)32-4)14-23(24)33-16-26(30,2)3/h5-8,13-14,19H,1,9-12,15-16,28H2,2-4H3. The minimum absolute atomic E-state index is 0.195. The Labute approximate surface area is 194 Å². The lowest BCUT2D eigenvalue weighted by atomic mass is 9.89. The Morgan fingerprint density at radius 2 is 1.91 bits per heavy atom. The molecule has 2 aromatic rings. The molecule has 0 aromatic heterocycles. The summed E-state index contributed by atoms with van der Waals surface area (Å²) in [5.74, 6) is 0.361. The number of carbonyl (C=O) groups excluding carboxylic acids is 1. The number of nitrogens with zero attached hydrogens (tertiary/aromatic N) is 2. The molecule has 2 N–H and O–H groups in total. The van der Waals surface area contributed by atoms with Crippen molar-refractivity contribution in [2.45, 2.75) is 38.1 Å². The average Bonchev–Trinajstić information content (AvgIpc) is 2.79. The molecule has 1 fully saturated rings. The lowest BCUT2D eigenvalue weighted by Gasteiger charge is -2.47. The number of nitrogen functional groups attached to an aromatic ring is 1. The van der Waals surface area contributed by atoms with E-state index in [1.807, 2.05) is 12.1 Å². The minimum atomic E-state index is -0.452. The molecule has 0 spiro atoms. The topological polar surface area (TPSA) is 68.0 Å². The Bertz CT molecular complexity index is 1040. The van der Waals surface area contributed by atoms with Gasteiger partial charge in [-0.1, -0.05) is 18.7 Å². The van der Waals surface area contributed by atoms with Gasteiger partial charge in [0.05, 0.1) is 23.9 Å². The van der Waals surface area contributed by atoms with Crippen molar-refractivity contribution in [3.05, 3.63) is 65.6 Å². The maximum Gasteiger partial charge on any atom is 0.338 e. The van der Waals surface area contributed by atoms with Gasteiger partial charge in [-0.05, 0) is 75.5 Å². The number of halogens is 1. The number of carbonyl (C=O) groups is 1. The fourth-order valence-corrected chi connectivity index (χ4v) is 4.91. The highest BCUT2D eigenvalue weighted by Gasteiger charge is 2.38. The third-order valence-electron chi connectivity index (χ3n) is 6.59. The molecule has 0 unspecified atom stereocenters. The largest absolute Gasteiger partial charge is 0.489 e. The van der Waals surface area contributed by atoms with E-state index in [1.54, 1.807) is 12.1 Å². The fraction of sp³-hybridized carbons (Fsp3) is 0.423. The van der Waals surface area contributed by atoms with E-state index in [0.29, 0.717) is 36.1 Å². The first-order valence-electron chi connectivity index (χ1n) is 11.3. The SMILES string of the molecule is C=C(CN1CCC(c2ccc(F)cc2)CC1)N1c2c(N)cc(C(=O)OC)cc2OCC1(C)C. The van der Waals surface area contributed by atoms with Crippen LogP contribution in [0.5, 0.6) is 5.75 Å². The highest BCUT2D eigenvalue weighted by atomic mass is 19.1. The van der Waals surface area contributed by atoms with Gasteiger partial charge < -0.3 is 20.1 Å². The molecule has 0 bridgehead atoms. The van der Waals surface area contributed by atoms with Crippen LogP contribution in [0.25, 0.3) is 0 Å². The van der Waals surface area contributed by atoms with Crippen molar-refractivity contribution in [3.63, 3.8) is 0 Å². The number of nitrogens with two attached hydrogens (primary N) is 1. The van der Waals surface area contributed by atoms with Crippen LogP contribution in [0.15, 0.2) is 48.7 Å². The molecule has 4 rings (SSSR count). The second kappa shape index (κ2) is 9.06. The van der Waals surface area contributed by atoms with Gasteiger partial charge in [0.1, 0.15) is 23.9 Å². The number of methoxy groups -OCH3 is 1. The first-order valence-corrected chi connectivity index (χ1v) is 11.3. The summed E-state index contributed by atoms with van der Waals surface area (Å²) >= 11 is 0. The summed E-state index contributed by atoms with van der Waals surface area (Å²) in [4.78, 5) is 16.6. The van der Waals surface area contributed by atoms with Crippen LogP contribution in [0.2, 0.25) is 0 Å². The molecule has 6 nitrogen and oxygen atoms in total. The van der Waals surface area contributed by atoms with Gasteiger partial charge in [-0.2, -0.15) is 0 Å². The van der Waals surface area contributed by atoms with E-state index in [1.165, 1.54) is 24.8 Å². The Morgan fingerprint density at radius 1 is 1.24 bits per heavy atom. The number of anilines is 2. The van der Waals surface area contributed by atoms with Gasteiger partial charge in [-0.3, -0.25) is 4.90 Å². The van der Waals surface area contributed by atoms with Crippen molar-refractivity contribution in [3.8, 4) is 5.75 Å². The molecule has 0 atom stereocenters. The molecular weight excluding hydrogens is 421 g/mol. The number of likely N-dealkylation sites (tertiary alicyclic amines) is 1. The first kappa shape index (κ1) is 23.1. The fourth-order valence-electron chi connectivity index (χ4n) is 4.91. The van der Waals surface area contributed by atoms with E-state index in [4.69, 9.17) is 15.2 Å². The van der Waals surface area contributed by atoms with E-state index >= 15 is 0 Å². The van der Waals surface area contributed by atoms with Crippen molar-refractivity contribution in [1.82, 2.24) is 4.90 Å². The summed E-state index contributed by atoms with van der Waals surface area (Å²) in [7, 11) is 1.34. The predicted octanol–water partition coefficient (Wildman–Crippen LogP) is 4.57. The zero-order chi connectivity index (χ0) is 23.8. The first-order chi connectivity index (χ1) is 15.7. The third-order valence-corrected chi connectivity index (χ3v) is 6.59. The normalized spacial score (nSPS) is 18.4. The number of hydrogen-bond acceptors (Lipinski definition) is 6. The number of benzene rings is 2. The molecule has 7 heteroatoms. The van der Waals surface area contributed by atoms with Crippen LogP contribution < -0.4 is 15.4 Å². The summed E-state index contributed by atoms with van der Waals surface area (Å²) in [6.45, 7) is 11.6. The van der Waals surface area contributed by atoms with Crippen molar-refractivity contribution >= 4 is 17.3 Å². The van der Waals surface area contributed by atoms with Gasteiger partial charge in [-0.25, -0.2) is 9.18 Å². The van der Waals surface area contributed by atoms with E-state index < -0.39 is 5.97 Å². The predicted molar refractivity (Wildman–Crippen MR) is 128 cm³/mol. The molecule has 2 heterocycles. The molecule has 33 heavy (non-hydrogen) atoms. The zero-order valence-electron chi connectivity index (χ0n) is 19.6. The Hall–Kier alpha value is -3.06. The molecule has 0 amide bonds. The second-order valence-electron chi connectivity index (χ2n) is 9.51. The lowest BCUT2D eigenvalue weighted by molar-refractivity contribution is 0.0600. The summed E-state index contributed by atoms with van der Waals surface area (Å²) in [6.07, 6.45) is 2.04. The molecule has 2 aliphatic rings. The smallest absolute Gasteiger partial charge is 0.338 e. The second-order valence-corrected chi connectivity index (χ2v) is 9.51. The number of fused-ring (bicyclic) bond motifs is 1. The van der Waals surface area contributed by atoms with Gasteiger partial charge in [0.15, 0.2) is 0 Å². The van der Waals surface area contributed by atoms with Gasteiger partial charge in [-0.15, -0.1) is 0 Å². The highest BCUT2D eigenvalue weighted by molar-refractivity contribution is 5.94. The molecule has 1 saturated heterocycles. The van der Waals surface area contributed by atoms with Crippen molar-refractivity contribution in [2.75, 3.05) is 44.0 Å². The van der Waals surface area contributed by atoms with Crippen LogP contribution in [0.1, 0.15) is 48.5 Å². The molecule has 2 aliphatic heterocycles. The van der Waals surface area contributed by atoms with Gasteiger partial charge in [0, 0.05) is 12.2 Å². The average molecular weight is 454 g/mol. The van der Waals surface area contributed by atoms with E-state index in [9.17, 15) is 9.18 Å². The summed E-state index contributed by atoms with van der Waals surface area (Å²) in [5.41, 5.74) is 9.74. The lowest BCUT2D eigenvalue weighted by Crippen LogP contribution is -2.52. The number of hydrogen-bond donors (Lipinski definition) is 1. The minimum Gasteiger partial charge on any atom is -0.489 e. The van der Waals surface area contributed by atoms with Gasteiger partial charge >= 0.3 is 5.97 Å². The van der Waals surface area contributed by atoms with Gasteiger partial charge in [0.2, 0.25) is 0 Å². The maximum atomic E-state index is 13.2. The molecular formula is C26H32FN3O3.